The van der Waals surface area contributed by atoms with Crippen LogP contribution >= 0.6 is 11.3 Å². The van der Waals surface area contributed by atoms with Gasteiger partial charge in [-0.1, -0.05) is 30.3 Å². The van der Waals surface area contributed by atoms with Crippen LogP contribution in [0.1, 0.15) is 19.3 Å². The van der Waals surface area contributed by atoms with Gasteiger partial charge >= 0.3 is 6.09 Å². The Morgan fingerprint density at radius 3 is 3.00 bits per heavy atom. The molecule has 3 heterocycles. The number of nitrogens with zero attached hydrogens (tertiary/aromatic N) is 2. The van der Waals surface area contributed by atoms with E-state index in [0.717, 1.165) is 49.3 Å². The minimum absolute atomic E-state index is 0.300. The van der Waals surface area contributed by atoms with Gasteiger partial charge in [0.05, 0.1) is 10.4 Å². The zero-order valence-corrected chi connectivity index (χ0v) is 13.6. The number of benzene rings is 1. The lowest BCUT2D eigenvalue weighted by Gasteiger charge is -2.33. The van der Waals surface area contributed by atoms with Crippen LogP contribution in [-0.4, -0.2) is 41.2 Å². The minimum Gasteiger partial charge on any atom is -0.441 e. The van der Waals surface area contributed by atoms with E-state index < -0.39 is 6.09 Å². The molecule has 1 N–H and O–H groups in total. The Labute approximate surface area is 139 Å². The quantitative estimate of drug-likeness (QED) is 0.935. The fourth-order valence-electron chi connectivity index (χ4n) is 3.53. The summed E-state index contributed by atoms with van der Waals surface area (Å²) in [7, 11) is 0. The molecule has 2 saturated heterocycles. The molecule has 23 heavy (non-hydrogen) atoms. The lowest BCUT2D eigenvalue weighted by molar-refractivity contribution is 0.00451. The zero-order chi connectivity index (χ0) is 15.7. The van der Waals surface area contributed by atoms with Crippen LogP contribution in [0.25, 0.3) is 10.4 Å². The summed E-state index contributed by atoms with van der Waals surface area (Å²) < 4.78 is 5.81. The average Bonchev–Trinajstić information content (AvgIpc) is 3.12. The Balaban J connectivity index is 1.47. The number of carbonyl (C=O) groups excluding carboxylic acids is 1. The molecule has 0 spiro atoms. The molecule has 1 aromatic heterocycles. The number of hydrogen-bond acceptors (Lipinski definition) is 5. The number of aromatic nitrogens is 1. The fourth-order valence-corrected chi connectivity index (χ4v) is 4.28. The Morgan fingerprint density at radius 1 is 1.26 bits per heavy atom. The van der Waals surface area contributed by atoms with Gasteiger partial charge in [-0.3, -0.25) is 10.2 Å². The predicted octanol–water partition coefficient (Wildman–Crippen LogP) is 3.60. The predicted molar refractivity (Wildman–Crippen MR) is 90.7 cm³/mol. The van der Waals surface area contributed by atoms with Crippen LogP contribution in [-0.2, 0) is 4.74 Å². The number of anilines is 1. The summed E-state index contributed by atoms with van der Waals surface area (Å²) in [6.07, 6.45) is 2.60. The normalized spacial score (nSPS) is 26.0. The number of piperidine rings is 1. The summed E-state index contributed by atoms with van der Waals surface area (Å²) in [5, 5.41) is 2.83. The van der Waals surface area contributed by atoms with Crippen LogP contribution in [0.2, 0.25) is 0 Å². The number of thiazole rings is 1. The lowest BCUT2D eigenvalue weighted by atomic mass is 9.95. The van der Waals surface area contributed by atoms with E-state index in [4.69, 9.17) is 4.74 Å². The topological polar surface area (TPSA) is 54.5 Å². The molecule has 2 aliphatic heterocycles. The first kappa shape index (κ1) is 14.7. The molecule has 120 valence electrons. The van der Waals surface area contributed by atoms with Gasteiger partial charge in [-0.05, 0) is 24.9 Å². The molecule has 2 aromatic rings. The third-order valence-corrected chi connectivity index (χ3v) is 5.51. The van der Waals surface area contributed by atoms with Crippen LogP contribution < -0.4 is 5.32 Å². The van der Waals surface area contributed by atoms with Gasteiger partial charge in [0.25, 0.3) is 0 Å². The monoisotopic (exact) mass is 329 g/mol. The van der Waals surface area contributed by atoms with E-state index in [9.17, 15) is 4.79 Å². The Bertz CT molecular complexity index is 699. The maximum Gasteiger partial charge on any atom is 0.413 e. The summed E-state index contributed by atoms with van der Waals surface area (Å²) in [6.45, 7) is 3.01. The van der Waals surface area contributed by atoms with Crippen molar-refractivity contribution in [3.63, 3.8) is 0 Å². The first-order valence-corrected chi connectivity index (χ1v) is 8.83. The highest BCUT2D eigenvalue weighted by atomic mass is 32.1. The van der Waals surface area contributed by atoms with Crippen molar-refractivity contribution in [2.75, 3.05) is 25.0 Å². The SMILES string of the molecule is O=C(Nc1ncsc1-c1ccccc1)OC12CCCN(CC1)C2. The van der Waals surface area contributed by atoms with E-state index in [0.29, 0.717) is 5.82 Å². The van der Waals surface area contributed by atoms with Crippen molar-refractivity contribution in [2.45, 2.75) is 24.9 Å². The van der Waals surface area contributed by atoms with Gasteiger partial charge in [0.1, 0.15) is 5.60 Å². The molecular formula is C17H19N3O2S. The number of hydrogen-bond donors (Lipinski definition) is 1. The summed E-state index contributed by atoms with van der Waals surface area (Å²) in [4.78, 5) is 20.0. The smallest absolute Gasteiger partial charge is 0.413 e. The van der Waals surface area contributed by atoms with Gasteiger partial charge in [0.15, 0.2) is 5.82 Å². The van der Waals surface area contributed by atoms with Crippen molar-refractivity contribution in [3.8, 4) is 10.4 Å². The van der Waals surface area contributed by atoms with E-state index in [1.54, 1.807) is 5.51 Å². The molecule has 2 bridgehead atoms. The second-order valence-electron chi connectivity index (χ2n) is 6.22. The standard InChI is InChI=1S/C17H19N3O2S/c21-16(22-17-7-4-9-20(11-17)10-8-17)19-15-14(23-12-18-15)13-5-2-1-3-6-13/h1-3,5-6,12H,4,7-11H2,(H,19,21). The number of rotatable bonds is 3. The highest BCUT2D eigenvalue weighted by Crippen LogP contribution is 2.36. The average molecular weight is 329 g/mol. The van der Waals surface area contributed by atoms with Crippen LogP contribution in [0.5, 0.6) is 0 Å². The van der Waals surface area contributed by atoms with E-state index in [-0.39, 0.29) is 5.60 Å². The number of carbonyl (C=O) groups is 1. The summed E-state index contributed by atoms with van der Waals surface area (Å²) in [6, 6.07) is 9.95. The Kier molecular flexibility index (Phi) is 3.79. The van der Waals surface area contributed by atoms with E-state index in [2.05, 4.69) is 15.2 Å². The van der Waals surface area contributed by atoms with Gasteiger partial charge in [-0.15, -0.1) is 11.3 Å². The van der Waals surface area contributed by atoms with Crippen molar-refractivity contribution in [3.05, 3.63) is 35.8 Å². The summed E-state index contributed by atoms with van der Waals surface area (Å²) in [5.41, 5.74) is 2.49. The van der Waals surface area contributed by atoms with Gasteiger partial charge in [-0.25, -0.2) is 9.78 Å². The van der Waals surface area contributed by atoms with Gasteiger partial charge in [0, 0.05) is 19.5 Å². The lowest BCUT2D eigenvalue weighted by Crippen LogP contribution is -2.43. The Morgan fingerprint density at radius 2 is 2.13 bits per heavy atom. The fraction of sp³-hybridized carbons (Fsp3) is 0.412. The Hall–Kier alpha value is -1.92. The molecule has 2 aliphatic rings. The van der Waals surface area contributed by atoms with Crippen molar-refractivity contribution in [1.82, 2.24) is 9.88 Å². The molecule has 2 fully saturated rings. The maximum absolute atomic E-state index is 12.4. The third kappa shape index (κ3) is 2.96. The number of ether oxygens (including phenoxy) is 1. The molecule has 1 amide bonds. The largest absolute Gasteiger partial charge is 0.441 e. The van der Waals surface area contributed by atoms with E-state index in [1.807, 2.05) is 30.3 Å². The van der Waals surface area contributed by atoms with E-state index >= 15 is 0 Å². The van der Waals surface area contributed by atoms with Crippen LogP contribution in [0.15, 0.2) is 35.8 Å². The first-order chi connectivity index (χ1) is 11.2. The molecular weight excluding hydrogens is 310 g/mol. The van der Waals surface area contributed by atoms with Gasteiger partial charge < -0.3 is 4.74 Å². The van der Waals surface area contributed by atoms with Crippen molar-refractivity contribution < 1.29 is 9.53 Å². The molecule has 0 radical (unpaired) electrons. The molecule has 1 aromatic carbocycles. The van der Waals surface area contributed by atoms with Gasteiger partial charge in [0.2, 0.25) is 0 Å². The van der Waals surface area contributed by atoms with Crippen LogP contribution in [0.3, 0.4) is 0 Å². The molecule has 4 rings (SSSR count). The summed E-state index contributed by atoms with van der Waals surface area (Å²) in [5.74, 6) is 0.577. The third-order valence-electron chi connectivity index (χ3n) is 4.64. The van der Waals surface area contributed by atoms with Crippen molar-refractivity contribution in [1.29, 1.82) is 0 Å². The molecule has 2 unspecified atom stereocenters. The van der Waals surface area contributed by atoms with E-state index in [1.165, 1.54) is 11.3 Å². The maximum atomic E-state index is 12.4. The first-order valence-electron chi connectivity index (χ1n) is 7.95. The van der Waals surface area contributed by atoms with Gasteiger partial charge in [-0.2, -0.15) is 0 Å². The molecule has 5 nitrogen and oxygen atoms in total. The molecule has 2 atom stereocenters. The highest BCUT2D eigenvalue weighted by Gasteiger charge is 2.44. The number of nitrogens with one attached hydrogen (secondary N) is 1. The highest BCUT2D eigenvalue weighted by molar-refractivity contribution is 7.13. The van der Waals surface area contributed by atoms with Crippen molar-refractivity contribution in [2.24, 2.45) is 0 Å². The van der Waals surface area contributed by atoms with Crippen LogP contribution in [0, 0.1) is 0 Å². The molecule has 0 aliphatic carbocycles. The number of fused-ring (bicyclic) bond motifs is 2. The second kappa shape index (κ2) is 5.94. The zero-order valence-electron chi connectivity index (χ0n) is 12.8. The second-order valence-corrected chi connectivity index (χ2v) is 7.08. The number of amides is 1. The minimum atomic E-state index is -0.392. The molecule has 0 saturated carbocycles. The van der Waals surface area contributed by atoms with Crippen LogP contribution in [0.4, 0.5) is 10.6 Å². The molecule has 6 heteroatoms. The summed E-state index contributed by atoms with van der Waals surface area (Å²) >= 11 is 1.51. The van der Waals surface area contributed by atoms with Crippen molar-refractivity contribution >= 4 is 23.2 Å².